The van der Waals surface area contributed by atoms with E-state index in [4.69, 9.17) is 0 Å². The van der Waals surface area contributed by atoms with Crippen molar-refractivity contribution >= 4 is 87.7 Å². The molecule has 192 valence electrons. The van der Waals surface area contributed by atoms with Crippen molar-refractivity contribution in [3.05, 3.63) is 139 Å². The zero-order chi connectivity index (χ0) is 27.3. The van der Waals surface area contributed by atoms with E-state index in [0.717, 1.165) is 32.2 Å². The maximum Gasteiger partial charge on any atom is 0.172 e. The Kier molecular flexibility index (Phi) is 4.59. The van der Waals surface area contributed by atoms with Gasteiger partial charge in [-0.15, -0.1) is 0 Å². The molecule has 9 rings (SSSR count). The summed E-state index contributed by atoms with van der Waals surface area (Å²) in [5.74, 6) is 0. The fourth-order valence-electron chi connectivity index (χ4n) is 7.15. The summed E-state index contributed by atoms with van der Waals surface area (Å²) in [7, 11) is -3.31. The van der Waals surface area contributed by atoms with Gasteiger partial charge in [0.05, 0.1) is 0 Å². The van der Waals surface area contributed by atoms with Crippen LogP contribution < -0.4 is 15.9 Å². The van der Waals surface area contributed by atoms with Gasteiger partial charge in [-0.1, -0.05) is 127 Å². The quantitative estimate of drug-likeness (QED) is 0.161. The fourth-order valence-corrected chi connectivity index (χ4v) is 10.2. The van der Waals surface area contributed by atoms with Gasteiger partial charge in [-0.25, -0.2) is 0 Å². The minimum Gasteiger partial charge on any atom is -0.309 e. The third-order valence-electron chi connectivity index (χ3n) is 9.09. The Morgan fingerprint density at radius 3 is 1.20 bits per heavy atom. The highest BCUT2D eigenvalue weighted by molar-refractivity contribution is 7.86. The summed E-state index contributed by atoms with van der Waals surface area (Å²) in [5, 5.41) is 16.9. The summed E-state index contributed by atoms with van der Waals surface area (Å²) in [5.41, 5.74) is 1.16. The van der Waals surface area contributed by atoms with Crippen LogP contribution in [0.15, 0.2) is 133 Å². The van der Waals surface area contributed by atoms with Gasteiger partial charge in [-0.2, -0.15) is 0 Å². The normalized spacial score (nSPS) is 12.6. The number of benzene rings is 9. The molecule has 0 fully saturated rings. The number of hydrogen-bond donors (Lipinski definition) is 0. The third-order valence-corrected chi connectivity index (χ3v) is 12.2. The molecule has 0 unspecified atom stereocenters. The molecule has 9 aromatic carbocycles. The lowest BCUT2D eigenvalue weighted by molar-refractivity contribution is 0.593. The standard InChI is InChI=1S/C39H25OP/c1-24-8-18-31(19-9-24)41(40,34-22-16-29-12-10-25-4-2-6-27-14-20-32(34)38(29)36(25)27)35-23-17-30-13-11-26-5-3-7-28-15-21-33(35)39(30)37(26)28/h2-23H,1H3. The first kappa shape index (κ1) is 23.0. The first-order valence-electron chi connectivity index (χ1n) is 14.1. The lowest BCUT2D eigenvalue weighted by Gasteiger charge is -2.25. The van der Waals surface area contributed by atoms with Crippen molar-refractivity contribution < 1.29 is 4.57 Å². The van der Waals surface area contributed by atoms with E-state index in [0.29, 0.717) is 0 Å². The summed E-state index contributed by atoms with van der Waals surface area (Å²) in [6, 6.07) is 47.4. The lowest BCUT2D eigenvalue weighted by atomic mass is 9.94. The summed E-state index contributed by atoms with van der Waals surface area (Å²) in [4.78, 5) is 0. The molecular weight excluding hydrogens is 515 g/mol. The van der Waals surface area contributed by atoms with Crippen LogP contribution in [0.3, 0.4) is 0 Å². The molecule has 0 saturated carbocycles. The topological polar surface area (TPSA) is 17.1 Å². The molecule has 0 heterocycles. The van der Waals surface area contributed by atoms with Crippen molar-refractivity contribution in [3.63, 3.8) is 0 Å². The molecule has 2 heteroatoms. The predicted molar refractivity (Wildman–Crippen MR) is 178 cm³/mol. The van der Waals surface area contributed by atoms with Crippen LogP contribution in [0.4, 0.5) is 0 Å². The summed E-state index contributed by atoms with van der Waals surface area (Å²) < 4.78 is 16.2. The molecular formula is C39H25OP. The average molecular weight is 541 g/mol. The van der Waals surface area contributed by atoms with E-state index >= 15 is 4.57 Å². The molecule has 41 heavy (non-hydrogen) atoms. The second-order valence-corrected chi connectivity index (χ2v) is 14.0. The van der Waals surface area contributed by atoms with Crippen molar-refractivity contribution in [1.82, 2.24) is 0 Å². The van der Waals surface area contributed by atoms with E-state index < -0.39 is 7.14 Å². The Hall–Kier alpha value is -4.71. The minimum atomic E-state index is -3.31. The van der Waals surface area contributed by atoms with Gasteiger partial charge in [0.15, 0.2) is 7.14 Å². The predicted octanol–water partition coefficient (Wildman–Crippen LogP) is 9.43. The maximum atomic E-state index is 16.2. The molecule has 1 nitrogen and oxygen atoms in total. The fraction of sp³-hybridized carbons (Fsp3) is 0.0256. The van der Waals surface area contributed by atoms with Crippen LogP contribution >= 0.6 is 7.14 Å². The SMILES string of the molecule is Cc1ccc(P(=O)(c2ccc3ccc4cccc5ccc2c3c45)c2ccc3ccc4cccc5ccc2c3c45)cc1. The van der Waals surface area contributed by atoms with Crippen molar-refractivity contribution in [2.75, 3.05) is 0 Å². The number of hydrogen-bond acceptors (Lipinski definition) is 1. The zero-order valence-corrected chi connectivity index (χ0v) is 23.5. The van der Waals surface area contributed by atoms with Crippen LogP contribution in [0.25, 0.3) is 64.6 Å². The smallest absolute Gasteiger partial charge is 0.172 e. The van der Waals surface area contributed by atoms with Crippen LogP contribution in [-0.4, -0.2) is 0 Å². The van der Waals surface area contributed by atoms with E-state index in [9.17, 15) is 0 Å². The van der Waals surface area contributed by atoms with Gasteiger partial charge in [0, 0.05) is 15.9 Å². The second-order valence-electron chi connectivity index (χ2n) is 11.3. The molecule has 9 aromatic rings. The summed E-state index contributed by atoms with van der Waals surface area (Å²) >= 11 is 0. The van der Waals surface area contributed by atoms with Crippen molar-refractivity contribution in [2.24, 2.45) is 0 Å². The highest BCUT2D eigenvalue weighted by Crippen LogP contribution is 2.49. The molecule has 0 radical (unpaired) electrons. The van der Waals surface area contributed by atoms with Gasteiger partial charge in [0.2, 0.25) is 0 Å². The Labute approximate surface area is 237 Å². The van der Waals surface area contributed by atoms with Crippen LogP contribution in [0, 0.1) is 6.92 Å². The number of aryl methyl sites for hydroxylation is 1. The molecule has 0 saturated heterocycles. The Morgan fingerprint density at radius 1 is 0.390 bits per heavy atom. The Bertz CT molecular complexity index is 2320. The van der Waals surface area contributed by atoms with Crippen molar-refractivity contribution in [3.8, 4) is 0 Å². The van der Waals surface area contributed by atoms with E-state index in [1.54, 1.807) is 0 Å². The lowest BCUT2D eigenvalue weighted by Crippen LogP contribution is -2.26. The first-order chi connectivity index (χ1) is 20.1. The highest BCUT2D eigenvalue weighted by atomic mass is 31.2. The van der Waals surface area contributed by atoms with Crippen LogP contribution in [0.5, 0.6) is 0 Å². The molecule has 0 aliphatic carbocycles. The van der Waals surface area contributed by atoms with Crippen molar-refractivity contribution in [1.29, 1.82) is 0 Å². The molecule has 0 amide bonds. The largest absolute Gasteiger partial charge is 0.309 e. The zero-order valence-electron chi connectivity index (χ0n) is 22.6. The van der Waals surface area contributed by atoms with Gasteiger partial charge in [0.1, 0.15) is 0 Å². The van der Waals surface area contributed by atoms with Crippen LogP contribution in [0.1, 0.15) is 5.56 Å². The van der Waals surface area contributed by atoms with Crippen LogP contribution in [0.2, 0.25) is 0 Å². The van der Waals surface area contributed by atoms with Gasteiger partial charge >= 0.3 is 0 Å². The van der Waals surface area contributed by atoms with Gasteiger partial charge in [0.25, 0.3) is 0 Å². The minimum absolute atomic E-state index is 0.869. The summed E-state index contributed by atoms with van der Waals surface area (Å²) in [6.07, 6.45) is 0. The number of rotatable bonds is 3. The summed E-state index contributed by atoms with van der Waals surface area (Å²) in [6.45, 7) is 2.08. The van der Waals surface area contributed by atoms with Crippen molar-refractivity contribution in [2.45, 2.75) is 6.92 Å². The molecule has 0 spiro atoms. The molecule has 0 aromatic heterocycles. The van der Waals surface area contributed by atoms with Gasteiger partial charge in [-0.3, -0.25) is 0 Å². The second kappa shape index (κ2) is 8.16. The maximum absolute atomic E-state index is 16.2. The average Bonchev–Trinajstić information content (AvgIpc) is 3.02. The van der Waals surface area contributed by atoms with E-state index in [1.807, 2.05) is 0 Å². The monoisotopic (exact) mass is 540 g/mol. The Morgan fingerprint density at radius 2 is 0.756 bits per heavy atom. The molecule has 0 bridgehead atoms. The molecule has 0 aliphatic heterocycles. The van der Waals surface area contributed by atoms with E-state index in [-0.39, 0.29) is 0 Å². The third kappa shape index (κ3) is 3.05. The Balaban J connectivity index is 1.46. The van der Waals surface area contributed by atoms with E-state index in [2.05, 4.69) is 140 Å². The first-order valence-corrected chi connectivity index (χ1v) is 15.8. The highest BCUT2D eigenvalue weighted by Gasteiger charge is 2.34. The van der Waals surface area contributed by atoms with E-state index in [1.165, 1.54) is 53.9 Å². The molecule has 0 atom stereocenters. The van der Waals surface area contributed by atoms with Crippen LogP contribution in [-0.2, 0) is 4.57 Å². The van der Waals surface area contributed by atoms with Gasteiger partial charge in [-0.05, 0) is 83.7 Å². The molecule has 0 aliphatic rings. The molecule has 0 N–H and O–H groups in total. The van der Waals surface area contributed by atoms with Gasteiger partial charge < -0.3 is 4.57 Å².